The second kappa shape index (κ2) is 6.44. The van der Waals surface area contributed by atoms with Gasteiger partial charge in [-0.15, -0.1) is 11.3 Å². The number of nitrogens with zero attached hydrogens (tertiary/aromatic N) is 2. The lowest BCUT2D eigenvalue weighted by Gasteiger charge is -2.04. The van der Waals surface area contributed by atoms with Crippen LogP contribution in [0.25, 0.3) is 15.9 Å². The van der Waals surface area contributed by atoms with Crippen LogP contribution in [0.1, 0.15) is 32.5 Å². The first-order chi connectivity index (χ1) is 12.9. The lowest BCUT2D eigenvalue weighted by Crippen LogP contribution is -2.14. The Morgan fingerprint density at radius 1 is 1.15 bits per heavy atom. The predicted octanol–water partition coefficient (Wildman–Crippen LogP) is 3.67. The van der Waals surface area contributed by atoms with Gasteiger partial charge in [0.2, 0.25) is 0 Å². The molecule has 134 valence electrons. The lowest BCUT2D eigenvalue weighted by atomic mass is 10.1. The van der Waals surface area contributed by atoms with Crippen LogP contribution in [0.2, 0.25) is 0 Å². The molecule has 0 aliphatic rings. The molecule has 3 aromatic heterocycles. The average molecular weight is 377 g/mol. The highest BCUT2D eigenvalue weighted by atomic mass is 32.1. The third-order valence-corrected chi connectivity index (χ3v) is 5.31. The first-order valence-corrected chi connectivity index (χ1v) is 9.09. The zero-order valence-corrected chi connectivity index (χ0v) is 15.5. The lowest BCUT2D eigenvalue weighted by molar-refractivity contribution is 0.101. The number of carbonyl (C=O) groups excluding carboxylic acids is 2. The average Bonchev–Trinajstić information content (AvgIpc) is 3.08. The summed E-state index contributed by atoms with van der Waals surface area (Å²) in [5.74, 6) is -0.420. The molecule has 4 rings (SSSR count). The van der Waals surface area contributed by atoms with Crippen LogP contribution in [0, 0.1) is 6.92 Å². The normalized spacial score (nSPS) is 11.0. The minimum absolute atomic E-state index is 0.0766. The number of carbonyl (C=O) groups is 2. The number of Topliss-reactive ketones (excluding diaryl/α,β-unsaturated/α-hetero) is 1. The van der Waals surface area contributed by atoms with Gasteiger partial charge < -0.3 is 5.32 Å². The minimum atomic E-state index is -0.344. The molecule has 6 nitrogen and oxygen atoms in total. The van der Waals surface area contributed by atoms with Gasteiger partial charge in [-0.25, -0.2) is 4.98 Å². The van der Waals surface area contributed by atoms with E-state index in [1.54, 1.807) is 42.6 Å². The van der Waals surface area contributed by atoms with E-state index in [0.29, 0.717) is 32.0 Å². The van der Waals surface area contributed by atoms with E-state index >= 15 is 0 Å². The molecule has 0 unspecified atom stereocenters. The summed E-state index contributed by atoms with van der Waals surface area (Å²) in [4.78, 5) is 42.3. The van der Waals surface area contributed by atoms with Gasteiger partial charge in [-0.2, -0.15) is 0 Å². The Bertz CT molecular complexity index is 1290. The highest BCUT2D eigenvalue weighted by Gasteiger charge is 2.16. The maximum atomic E-state index is 12.7. The molecular formula is C20H15N3O3S. The number of hydrogen-bond donors (Lipinski definition) is 1. The van der Waals surface area contributed by atoms with Gasteiger partial charge in [0, 0.05) is 17.4 Å². The Labute approximate surface area is 158 Å². The fourth-order valence-corrected chi connectivity index (χ4v) is 3.80. The van der Waals surface area contributed by atoms with Gasteiger partial charge in [-0.1, -0.05) is 18.2 Å². The van der Waals surface area contributed by atoms with E-state index in [4.69, 9.17) is 0 Å². The molecule has 0 aliphatic heterocycles. The third-order valence-electron chi connectivity index (χ3n) is 4.28. The number of pyridine rings is 1. The summed E-state index contributed by atoms with van der Waals surface area (Å²) in [5, 5.41) is 3.18. The second-order valence-electron chi connectivity index (χ2n) is 6.22. The van der Waals surface area contributed by atoms with E-state index in [9.17, 15) is 14.4 Å². The molecular weight excluding hydrogens is 362 g/mol. The fraction of sp³-hybridized carbons (Fsp3) is 0.100. The number of rotatable bonds is 3. The van der Waals surface area contributed by atoms with E-state index in [1.807, 2.05) is 13.0 Å². The molecule has 7 heteroatoms. The molecule has 0 aliphatic carbocycles. The summed E-state index contributed by atoms with van der Waals surface area (Å²) >= 11 is 1.17. The number of nitrogens with one attached hydrogen (secondary N) is 1. The molecule has 1 aromatic carbocycles. The summed E-state index contributed by atoms with van der Waals surface area (Å²) in [6.45, 7) is 3.36. The quantitative estimate of drug-likeness (QED) is 0.553. The smallest absolute Gasteiger partial charge is 0.266 e. The number of aryl methyl sites for hydroxylation is 1. The van der Waals surface area contributed by atoms with Crippen molar-refractivity contribution in [2.75, 3.05) is 5.32 Å². The Morgan fingerprint density at radius 2 is 1.96 bits per heavy atom. The van der Waals surface area contributed by atoms with Crippen LogP contribution < -0.4 is 10.9 Å². The number of anilines is 1. The van der Waals surface area contributed by atoms with E-state index in [0.717, 1.165) is 5.56 Å². The van der Waals surface area contributed by atoms with Crippen LogP contribution in [0.4, 0.5) is 5.69 Å². The van der Waals surface area contributed by atoms with Crippen molar-refractivity contribution >= 4 is 44.6 Å². The summed E-state index contributed by atoms with van der Waals surface area (Å²) in [5.41, 5.74) is 2.31. The summed E-state index contributed by atoms with van der Waals surface area (Å²) in [6, 6.07) is 12.0. The molecule has 3 heterocycles. The molecule has 0 bridgehead atoms. The first-order valence-electron chi connectivity index (χ1n) is 8.28. The number of ketones is 1. The van der Waals surface area contributed by atoms with Crippen LogP contribution in [0.5, 0.6) is 0 Å². The molecule has 0 saturated carbocycles. The number of aromatic nitrogens is 2. The number of amides is 1. The van der Waals surface area contributed by atoms with Gasteiger partial charge in [0.15, 0.2) is 5.78 Å². The molecule has 0 atom stereocenters. The zero-order valence-electron chi connectivity index (χ0n) is 14.6. The molecule has 1 amide bonds. The van der Waals surface area contributed by atoms with Crippen LogP contribution in [-0.4, -0.2) is 21.1 Å². The van der Waals surface area contributed by atoms with Crippen molar-refractivity contribution in [1.82, 2.24) is 9.38 Å². The summed E-state index contributed by atoms with van der Waals surface area (Å²) < 4.78 is 1.49. The standard InChI is InChI=1S/C20H15N3O3S/c1-11-5-4-8-23-17(11)22-19-15(20(23)26)10-16(27-19)18(25)21-14-7-3-6-13(9-14)12(2)24/h3-10H,1-2H3,(H,21,25). The minimum Gasteiger partial charge on any atom is -0.321 e. The van der Waals surface area contributed by atoms with Gasteiger partial charge in [0.25, 0.3) is 11.5 Å². The molecule has 1 N–H and O–H groups in total. The van der Waals surface area contributed by atoms with E-state index in [-0.39, 0.29) is 17.2 Å². The van der Waals surface area contributed by atoms with Crippen molar-refractivity contribution in [1.29, 1.82) is 0 Å². The van der Waals surface area contributed by atoms with Crippen molar-refractivity contribution in [2.45, 2.75) is 13.8 Å². The Balaban J connectivity index is 1.75. The molecule has 4 aromatic rings. The fourth-order valence-electron chi connectivity index (χ4n) is 2.88. The first kappa shape index (κ1) is 17.1. The molecule has 27 heavy (non-hydrogen) atoms. The maximum absolute atomic E-state index is 12.7. The number of fused-ring (bicyclic) bond motifs is 2. The maximum Gasteiger partial charge on any atom is 0.266 e. The molecule has 0 saturated heterocycles. The number of hydrogen-bond acceptors (Lipinski definition) is 5. The van der Waals surface area contributed by atoms with E-state index in [1.165, 1.54) is 22.7 Å². The predicted molar refractivity (Wildman–Crippen MR) is 106 cm³/mol. The third kappa shape index (κ3) is 3.02. The monoisotopic (exact) mass is 377 g/mol. The number of thiophene rings is 1. The molecule has 0 radical (unpaired) electrons. The van der Waals surface area contributed by atoms with Gasteiger partial charge in [-0.05, 0) is 43.7 Å². The van der Waals surface area contributed by atoms with Crippen molar-refractivity contribution in [2.24, 2.45) is 0 Å². The molecule has 0 spiro atoms. The van der Waals surface area contributed by atoms with E-state index < -0.39 is 0 Å². The van der Waals surface area contributed by atoms with Gasteiger partial charge in [0.05, 0.1) is 10.3 Å². The van der Waals surface area contributed by atoms with Crippen LogP contribution in [0.15, 0.2) is 53.5 Å². The van der Waals surface area contributed by atoms with Crippen LogP contribution >= 0.6 is 11.3 Å². The summed E-state index contributed by atoms with van der Waals surface area (Å²) in [6.07, 6.45) is 1.67. The number of benzene rings is 1. The Kier molecular flexibility index (Phi) is 4.08. The largest absolute Gasteiger partial charge is 0.321 e. The van der Waals surface area contributed by atoms with Crippen LogP contribution in [0.3, 0.4) is 0 Å². The van der Waals surface area contributed by atoms with Gasteiger partial charge in [0.1, 0.15) is 10.5 Å². The summed E-state index contributed by atoms with van der Waals surface area (Å²) in [7, 11) is 0. The topological polar surface area (TPSA) is 80.5 Å². The zero-order chi connectivity index (χ0) is 19.1. The Morgan fingerprint density at radius 3 is 2.74 bits per heavy atom. The van der Waals surface area contributed by atoms with Crippen molar-refractivity contribution in [3.63, 3.8) is 0 Å². The highest BCUT2D eigenvalue weighted by Crippen LogP contribution is 2.24. The van der Waals surface area contributed by atoms with Crippen LogP contribution in [-0.2, 0) is 0 Å². The van der Waals surface area contributed by atoms with Gasteiger partial charge >= 0.3 is 0 Å². The van der Waals surface area contributed by atoms with Crippen molar-refractivity contribution in [3.8, 4) is 0 Å². The van der Waals surface area contributed by atoms with Crippen molar-refractivity contribution in [3.05, 3.63) is 75.0 Å². The second-order valence-corrected chi connectivity index (χ2v) is 7.25. The highest BCUT2D eigenvalue weighted by molar-refractivity contribution is 7.20. The van der Waals surface area contributed by atoms with Crippen molar-refractivity contribution < 1.29 is 9.59 Å². The van der Waals surface area contributed by atoms with Gasteiger partial charge in [-0.3, -0.25) is 18.8 Å². The molecule has 0 fully saturated rings. The Hall–Kier alpha value is -3.32. The van der Waals surface area contributed by atoms with E-state index in [2.05, 4.69) is 10.3 Å². The SMILES string of the molecule is CC(=O)c1cccc(NC(=O)c2cc3c(=O)n4cccc(C)c4nc3s2)c1.